The summed E-state index contributed by atoms with van der Waals surface area (Å²) in [5.74, 6) is 6.77. The Bertz CT molecular complexity index is 630. The van der Waals surface area contributed by atoms with Gasteiger partial charge in [0, 0.05) is 6.61 Å². The number of hydrogen-bond acceptors (Lipinski definition) is 2. The summed E-state index contributed by atoms with van der Waals surface area (Å²) in [6, 6.07) is 0. The highest BCUT2D eigenvalue weighted by atomic mass is 16.3. The number of rotatable bonds is 7. The van der Waals surface area contributed by atoms with E-state index in [9.17, 15) is 10.2 Å². The monoisotopic (exact) mass is 446 g/mol. The summed E-state index contributed by atoms with van der Waals surface area (Å²) < 4.78 is 0. The predicted octanol–water partition coefficient (Wildman–Crippen LogP) is 7.32. The van der Waals surface area contributed by atoms with Gasteiger partial charge in [0.2, 0.25) is 0 Å². The van der Waals surface area contributed by atoms with Gasteiger partial charge in [0.05, 0.1) is 6.10 Å². The van der Waals surface area contributed by atoms with E-state index in [1.807, 2.05) is 0 Å². The maximum absolute atomic E-state index is 10.5. The number of fused-ring (bicyclic) bond motifs is 5. The maximum Gasteiger partial charge on any atom is 0.0543 e. The molecule has 11 atom stereocenters. The van der Waals surface area contributed by atoms with Crippen molar-refractivity contribution in [3.05, 3.63) is 0 Å². The first-order valence-electron chi connectivity index (χ1n) is 14.4. The minimum atomic E-state index is -0.104. The Labute approximate surface area is 199 Å². The molecule has 0 aromatic heterocycles. The quantitative estimate of drug-likeness (QED) is 0.430. The lowest BCUT2D eigenvalue weighted by Gasteiger charge is -2.63. The highest BCUT2D eigenvalue weighted by molar-refractivity contribution is 5.11. The van der Waals surface area contributed by atoms with E-state index in [1.54, 1.807) is 0 Å². The summed E-state index contributed by atoms with van der Waals surface area (Å²) in [5.41, 5.74) is 0.872. The van der Waals surface area contributed by atoms with Gasteiger partial charge in [-0.2, -0.15) is 0 Å². The minimum absolute atomic E-state index is 0.104. The van der Waals surface area contributed by atoms with Crippen molar-refractivity contribution in [2.24, 2.45) is 64.1 Å². The van der Waals surface area contributed by atoms with Crippen molar-refractivity contribution in [3.63, 3.8) is 0 Å². The van der Waals surface area contributed by atoms with Crippen LogP contribution in [0.3, 0.4) is 0 Å². The number of aliphatic hydroxyl groups is 2. The zero-order valence-corrected chi connectivity index (χ0v) is 22.2. The Morgan fingerprint density at radius 2 is 1.56 bits per heavy atom. The molecule has 4 rings (SSSR count). The van der Waals surface area contributed by atoms with Crippen LogP contribution in [-0.4, -0.2) is 22.9 Å². The van der Waals surface area contributed by atoms with Gasteiger partial charge in [-0.25, -0.2) is 0 Å². The Morgan fingerprint density at radius 3 is 2.22 bits per heavy atom. The number of hydrogen-bond donors (Lipinski definition) is 2. The van der Waals surface area contributed by atoms with Crippen molar-refractivity contribution in [1.29, 1.82) is 0 Å². The average molecular weight is 447 g/mol. The lowest BCUT2D eigenvalue weighted by molar-refractivity contribution is -0.160. The van der Waals surface area contributed by atoms with Crippen molar-refractivity contribution in [2.75, 3.05) is 6.61 Å². The molecule has 4 fully saturated rings. The summed E-state index contributed by atoms with van der Waals surface area (Å²) in [6.07, 6.45) is 13.9. The molecule has 0 amide bonds. The van der Waals surface area contributed by atoms with Crippen LogP contribution < -0.4 is 0 Å². The topological polar surface area (TPSA) is 40.5 Å². The van der Waals surface area contributed by atoms with Crippen molar-refractivity contribution in [1.82, 2.24) is 0 Å². The second-order valence-corrected chi connectivity index (χ2v) is 13.8. The van der Waals surface area contributed by atoms with Crippen LogP contribution in [0.1, 0.15) is 112 Å². The van der Waals surface area contributed by atoms with Gasteiger partial charge in [-0.05, 0) is 122 Å². The van der Waals surface area contributed by atoms with E-state index in [4.69, 9.17) is 0 Å². The molecular weight excluding hydrogens is 392 g/mol. The van der Waals surface area contributed by atoms with E-state index >= 15 is 0 Å². The van der Waals surface area contributed by atoms with Crippen molar-refractivity contribution in [2.45, 2.75) is 118 Å². The first kappa shape index (κ1) is 25.0. The third-order valence-electron chi connectivity index (χ3n) is 12.3. The van der Waals surface area contributed by atoms with Gasteiger partial charge >= 0.3 is 0 Å². The highest BCUT2D eigenvalue weighted by Gasteiger charge is 2.62. The largest absolute Gasteiger partial charge is 0.396 e. The second kappa shape index (κ2) is 9.52. The van der Waals surface area contributed by atoms with E-state index < -0.39 is 0 Å². The van der Waals surface area contributed by atoms with E-state index in [-0.39, 0.29) is 6.10 Å². The minimum Gasteiger partial charge on any atom is -0.396 e. The fraction of sp³-hybridized carbons (Fsp3) is 1.00. The molecule has 2 N–H and O–H groups in total. The van der Waals surface area contributed by atoms with Crippen molar-refractivity contribution >= 4 is 0 Å². The molecule has 0 aromatic carbocycles. The SMILES string of the molecule is CC[C@H](CC[C@@H](C)[C@H]1CCC2[C@@H]3C(CO)C[C@@H]4C[C@@H](O)CC[C@]4(C)C3CC[C@@]21C)C(C)C. The molecule has 4 saturated carbocycles. The van der Waals surface area contributed by atoms with Crippen LogP contribution in [0.15, 0.2) is 0 Å². The average Bonchev–Trinajstić information content (AvgIpc) is 3.11. The van der Waals surface area contributed by atoms with Crippen LogP contribution in [0.2, 0.25) is 0 Å². The third kappa shape index (κ3) is 4.12. The molecule has 0 aromatic rings. The summed E-state index contributed by atoms with van der Waals surface area (Å²) >= 11 is 0. The fourth-order valence-corrected chi connectivity index (χ4v) is 10.3. The van der Waals surface area contributed by atoms with E-state index in [0.29, 0.717) is 35.2 Å². The molecule has 32 heavy (non-hydrogen) atoms. The first-order chi connectivity index (χ1) is 15.2. The van der Waals surface area contributed by atoms with Gasteiger partial charge in [-0.15, -0.1) is 0 Å². The molecule has 3 unspecified atom stereocenters. The predicted molar refractivity (Wildman–Crippen MR) is 134 cm³/mol. The normalized spacial score (nSPS) is 48.1. The molecular formula is C30H54O2. The smallest absolute Gasteiger partial charge is 0.0543 e. The summed E-state index contributed by atoms with van der Waals surface area (Å²) in [7, 11) is 0. The first-order valence-corrected chi connectivity index (χ1v) is 14.4. The maximum atomic E-state index is 10.5. The van der Waals surface area contributed by atoms with Crippen LogP contribution in [0.4, 0.5) is 0 Å². The molecule has 0 bridgehead atoms. The molecule has 186 valence electrons. The van der Waals surface area contributed by atoms with E-state index in [1.165, 1.54) is 51.4 Å². The number of aliphatic hydroxyl groups excluding tert-OH is 2. The van der Waals surface area contributed by atoms with E-state index in [0.717, 1.165) is 54.8 Å². The van der Waals surface area contributed by atoms with Gasteiger partial charge in [-0.3, -0.25) is 0 Å². The Morgan fingerprint density at radius 1 is 0.875 bits per heavy atom. The third-order valence-corrected chi connectivity index (χ3v) is 12.3. The molecule has 4 aliphatic carbocycles. The van der Waals surface area contributed by atoms with E-state index in [2.05, 4.69) is 41.5 Å². The van der Waals surface area contributed by atoms with Gasteiger partial charge in [-0.1, -0.05) is 54.4 Å². The van der Waals surface area contributed by atoms with Gasteiger partial charge in [0.25, 0.3) is 0 Å². The van der Waals surface area contributed by atoms with Crippen molar-refractivity contribution < 1.29 is 10.2 Å². The van der Waals surface area contributed by atoms with Crippen LogP contribution in [-0.2, 0) is 0 Å². The Kier molecular flexibility index (Phi) is 7.45. The molecule has 0 radical (unpaired) electrons. The van der Waals surface area contributed by atoms with Crippen LogP contribution in [0, 0.1) is 64.1 Å². The van der Waals surface area contributed by atoms with Crippen molar-refractivity contribution in [3.8, 4) is 0 Å². The standard InChI is InChI=1S/C30H54O2/c1-7-21(19(2)3)9-8-20(4)25-10-11-26-28-22(18-31)16-23-17-24(32)12-14-29(23,5)27(28)13-15-30(25,26)6/h19-28,31-32H,7-18H2,1-6H3/t20-,21-,22?,23-,24+,25-,26?,27?,28+,29+,30-/m1/s1. The van der Waals surface area contributed by atoms with Crippen LogP contribution in [0.25, 0.3) is 0 Å². The van der Waals surface area contributed by atoms with Crippen LogP contribution >= 0.6 is 0 Å². The fourth-order valence-electron chi connectivity index (χ4n) is 10.3. The summed E-state index contributed by atoms with van der Waals surface area (Å²) in [5, 5.41) is 20.9. The molecule has 2 nitrogen and oxygen atoms in total. The molecule has 0 saturated heterocycles. The molecule has 2 heteroatoms. The zero-order valence-electron chi connectivity index (χ0n) is 22.2. The van der Waals surface area contributed by atoms with Crippen LogP contribution in [0.5, 0.6) is 0 Å². The van der Waals surface area contributed by atoms with Gasteiger partial charge in [0.15, 0.2) is 0 Å². The second-order valence-electron chi connectivity index (χ2n) is 13.8. The Hall–Kier alpha value is -0.0800. The summed E-state index contributed by atoms with van der Waals surface area (Å²) in [6.45, 7) is 15.4. The lowest BCUT2D eigenvalue weighted by Crippen LogP contribution is -2.57. The molecule has 0 spiro atoms. The molecule has 0 aliphatic heterocycles. The Balaban J connectivity index is 1.52. The zero-order chi connectivity index (χ0) is 23.3. The van der Waals surface area contributed by atoms with Gasteiger partial charge < -0.3 is 10.2 Å². The summed E-state index contributed by atoms with van der Waals surface area (Å²) in [4.78, 5) is 0. The van der Waals surface area contributed by atoms with Gasteiger partial charge in [0.1, 0.15) is 0 Å². The highest BCUT2D eigenvalue weighted by Crippen LogP contribution is 2.69. The molecule has 4 aliphatic rings. The molecule has 0 heterocycles. The lowest BCUT2D eigenvalue weighted by atomic mass is 9.42.